The second-order valence-electron chi connectivity index (χ2n) is 8.36. The molecule has 9 heteroatoms. The van der Waals surface area contributed by atoms with E-state index in [4.69, 9.17) is 4.74 Å². The number of anilines is 3. The molecule has 170 valence electrons. The van der Waals surface area contributed by atoms with Gasteiger partial charge in [-0.15, -0.1) is 11.3 Å². The van der Waals surface area contributed by atoms with Gasteiger partial charge in [0.05, 0.1) is 24.2 Å². The predicted octanol–water partition coefficient (Wildman–Crippen LogP) is 5.06. The summed E-state index contributed by atoms with van der Waals surface area (Å²) in [6, 6.07) is 13.5. The summed E-state index contributed by atoms with van der Waals surface area (Å²) in [5.41, 5.74) is 3.97. The maximum Gasteiger partial charge on any atom is 0.227 e. The highest BCUT2D eigenvalue weighted by Crippen LogP contribution is 2.40. The van der Waals surface area contributed by atoms with Gasteiger partial charge in [-0.05, 0) is 67.3 Å². The molecule has 0 saturated carbocycles. The number of ether oxygens (including phenoxy) is 1. The van der Waals surface area contributed by atoms with E-state index in [1.165, 1.54) is 10.4 Å². The lowest BCUT2D eigenvalue weighted by Crippen LogP contribution is -2.27. The van der Waals surface area contributed by atoms with E-state index in [1.54, 1.807) is 31.0 Å². The Morgan fingerprint density at radius 1 is 1.15 bits per heavy atom. The number of nitrogens with one attached hydrogen (secondary N) is 3. The lowest BCUT2D eigenvalue weighted by Gasteiger charge is -2.22. The van der Waals surface area contributed by atoms with E-state index < -0.39 is 0 Å². The first-order chi connectivity index (χ1) is 16.7. The van der Waals surface area contributed by atoms with Crippen molar-refractivity contribution in [3.05, 3.63) is 65.4 Å². The number of benzene rings is 2. The molecule has 6 rings (SSSR count). The Balaban J connectivity index is 1.24. The van der Waals surface area contributed by atoms with Crippen molar-refractivity contribution >= 4 is 55.6 Å². The fourth-order valence-electron chi connectivity index (χ4n) is 4.50. The van der Waals surface area contributed by atoms with Crippen molar-refractivity contribution in [1.82, 2.24) is 20.2 Å². The van der Waals surface area contributed by atoms with E-state index in [2.05, 4.69) is 30.8 Å². The third kappa shape index (κ3) is 3.73. The Morgan fingerprint density at radius 3 is 2.85 bits per heavy atom. The van der Waals surface area contributed by atoms with Crippen LogP contribution in [0.5, 0.6) is 5.75 Å². The van der Waals surface area contributed by atoms with E-state index in [-0.39, 0.29) is 11.8 Å². The van der Waals surface area contributed by atoms with E-state index in [9.17, 15) is 4.79 Å². The number of carbonyl (C=O) groups excluding carboxylic acids is 1. The topological polar surface area (TPSA) is 105 Å². The van der Waals surface area contributed by atoms with Gasteiger partial charge in [0.1, 0.15) is 22.7 Å². The van der Waals surface area contributed by atoms with Gasteiger partial charge in [0, 0.05) is 27.6 Å². The molecular weight excluding hydrogens is 448 g/mol. The van der Waals surface area contributed by atoms with Gasteiger partial charge in [0.2, 0.25) is 5.91 Å². The number of nitrogens with zero attached hydrogens (tertiary/aromatic N) is 3. The van der Waals surface area contributed by atoms with Gasteiger partial charge in [0.25, 0.3) is 0 Å². The largest absolute Gasteiger partial charge is 0.497 e. The predicted molar refractivity (Wildman–Crippen MR) is 134 cm³/mol. The quantitative estimate of drug-likeness (QED) is 0.332. The van der Waals surface area contributed by atoms with E-state index in [0.29, 0.717) is 6.42 Å². The molecular formula is C25H22N6O2S. The molecule has 0 bridgehead atoms. The zero-order valence-corrected chi connectivity index (χ0v) is 19.3. The monoisotopic (exact) mass is 470 g/mol. The number of methoxy groups -OCH3 is 1. The van der Waals surface area contributed by atoms with Gasteiger partial charge >= 0.3 is 0 Å². The summed E-state index contributed by atoms with van der Waals surface area (Å²) < 4.78 is 5.19. The zero-order chi connectivity index (χ0) is 23.1. The SMILES string of the molecule is COc1ccc(NC(=O)C2CCc3c(sc4ncnc(Nc5ccc6[nH]ncc6c5)c34)C2)cc1. The van der Waals surface area contributed by atoms with Crippen LogP contribution in [0, 0.1) is 5.92 Å². The average molecular weight is 471 g/mol. The van der Waals surface area contributed by atoms with E-state index in [1.807, 2.05) is 42.5 Å². The van der Waals surface area contributed by atoms with Crippen LogP contribution in [0.2, 0.25) is 0 Å². The van der Waals surface area contributed by atoms with Crippen LogP contribution in [0.4, 0.5) is 17.2 Å². The van der Waals surface area contributed by atoms with Gasteiger partial charge in [0.15, 0.2) is 0 Å². The fourth-order valence-corrected chi connectivity index (χ4v) is 5.77. The zero-order valence-electron chi connectivity index (χ0n) is 18.5. The van der Waals surface area contributed by atoms with Gasteiger partial charge < -0.3 is 15.4 Å². The molecule has 1 aliphatic carbocycles. The third-order valence-corrected chi connectivity index (χ3v) is 7.44. The molecule has 1 amide bonds. The van der Waals surface area contributed by atoms with Crippen LogP contribution in [-0.2, 0) is 17.6 Å². The number of H-pyrrole nitrogens is 1. The summed E-state index contributed by atoms with van der Waals surface area (Å²) in [6.07, 6.45) is 5.71. The maximum atomic E-state index is 13.0. The minimum atomic E-state index is -0.0736. The highest BCUT2D eigenvalue weighted by Gasteiger charge is 2.29. The molecule has 0 aliphatic heterocycles. The van der Waals surface area contributed by atoms with Gasteiger partial charge in [-0.3, -0.25) is 9.89 Å². The van der Waals surface area contributed by atoms with Crippen molar-refractivity contribution in [1.29, 1.82) is 0 Å². The lowest BCUT2D eigenvalue weighted by atomic mass is 9.87. The fraction of sp³-hybridized carbons (Fsp3) is 0.200. The number of carbonyl (C=O) groups is 1. The lowest BCUT2D eigenvalue weighted by molar-refractivity contribution is -0.120. The van der Waals surface area contributed by atoms with Crippen LogP contribution < -0.4 is 15.4 Å². The number of fused-ring (bicyclic) bond motifs is 4. The number of hydrogen-bond donors (Lipinski definition) is 3. The molecule has 3 aromatic heterocycles. The summed E-state index contributed by atoms with van der Waals surface area (Å²) in [5, 5.41) is 15.7. The molecule has 1 aliphatic rings. The van der Waals surface area contributed by atoms with Crippen LogP contribution in [0.3, 0.4) is 0 Å². The highest BCUT2D eigenvalue weighted by atomic mass is 32.1. The van der Waals surface area contributed by atoms with Crippen molar-refractivity contribution in [3.8, 4) is 5.75 Å². The van der Waals surface area contributed by atoms with Crippen LogP contribution in [0.1, 0.15) is 16.9 Å². The molecule has 5 aromatic rings. The number of aryl methyl sites for hydroxylation is 1. The van der Waals surface area contributed by atoms with E-state index >= 15 is 0 Å². The summed E-state index contributed by atoms with van der Waals surface area (Å²) in [5.74, 6) is 1.54. The van der Waals surface area contributed by atoms with Gasteiger partial charge in [-0.2, -0.15) is 5.10 Å². The summed E-state index contributed by atoms with van der Waals surface area (Å²) >= 11 is 1.66. The average Bonchev–Trinajstić information content (AvgIpc) is 3.48. The Hall–Kier alpha value is -3.98. The van der Waals surface area contributed by atoms with E-state index in [0.717, 1.165) is 56.9 Å². The molecule has 8 nitrogen and oxygen atoms in total. The molecule has 1 unspecified atom stereocenters. The van der Waals surface area contributed by atoms with Crippen molar-refractivity contribution < 1.29 is 9.53 Å². The molecule has 0 saturated heterocycles. The summed E-state index contributed by atoms with van der Waals surface area (Å²) in [7, 11) is 1.63. The van der Waals surface area contributed by atoms with Gasteiger partial charge in [-0.1, -0.05) is 0 Å². The molecule has 34 heavy (non-hydrogen) atoms. The van der Waals surface area contributed by atoms with Crippen molar-refractivity contribution in [2.45, 2.75) is 19.3 Å². The molecule has 0 fully saturated rings. The van der Waals surface area contributed by atoms with Crippen LogP contribution >= 0.6 is 11.3 Å². The molecule has 0 radical (unpaired) electrons. The van der Waals surface area contributed by atoms with Crippen molar-refractivity contribution in [2.24, 2.45) is 5.92 Å². The molecule has 2 aromatic carbocycles. The Kier molecular flexibility index (Phi) is 5.10. The van der Waals surface area contributed by atoms with Gasteiger partial charge in [-0.25, -0.2) is 9.97 Å². The normalized spacial score (nSPS) is 15.3. The Labute approximate surface area is 199 Å². The maximum absolute atomic E-state index is 13.0. The second kappa shape index (κ2) is 8.42. The van der Waals surface area contributed by atoms with Crippen LogP contribution in [0.25, 0.3) is 21.1 Å². The minimum Gasteiger partial charge on any atom is -0.497 e. The number of amides is 1. The standard InChI is InChI=1S/C25H22N6O2S/c1-33-18-6-3-16(4-7-18)30-24(32)14-2-8-19-21(11-14)34-25-22(19)23(26-13-27-25)29-17-5-9-20-15(10-17)12-28-31-20/h3-7,9-10,12-14H,2,8,11H2,1H3,(H,28,31)(H,30,32)(H,26,27,29). The first kappa shape index (κ1) is 20.6. The summed E-state index contributed by atoms with van der Waals surface area (Å²) in [6.45, 7) is 0. The smallest absolute Gasteiger partial charge is 0.227 e. The van der Waals surface area contributed by atoms with Crippen molar-refractivity contribution in [2.75, 3.05) is 17.7 Å². The minimum absolute atomic E-state index is 0.0473. The highest BCUT2D eigenvalue weighted by molar-refractivity contribution is 7.19. The molecule has 1 atom stereocenters. The number of aromatic nitrogens is 4. The Bertz CT molecular complexity index is 1510. The number of hydrogen-bond acceptors (Lipinski definition) is 7. The van der Waals surface area contributed by atoms with Crippen LogP contribution in [0.15, 0.2) is 55.0 Å². The second-order valence-corrected chi connectivity index (χ2v) is 9.44. The number of aromatic amines is 1. The van der Waals surface area contributed by atoms with Crippen LogP contribution in [-0.4, -0.2) is 33.2 Å². The first-order valence-electron chi connectivity index (χ1n) is 11.1. The number of rotatable bonds is 5. The first-order valence-corrected chi connectivity index (χ1v) is 11.9. The molecule has 0 spiro atoms. The van der Waals surface area contributed by atoms with Crippen molar-refractivity contribution in [3.63, 3.8) is 0 Å². The summed E-state index contributed by atoms with van der Waals surface area (Å²) in [4.78, 5) is 24.2. The molecule has 3 N–H and O–H groups in total. The third-order valence-electron chi connectivity index (χ3n) is 6.28. The molecule has 3 heterocycles. The Morgan fingerprint density at radius 2 is 2.00 bits per heavy atom. The number of thiophene rings is 1.